The maximum Gasteiger partial charge on any atom is 0.191 e. The number of aliphatic imine (C=N–C) groups is 1. The zero-order chi connectivity index (χ0) is 17.3. The van der Waals surface area contributed by atoms with Gasteiger partial charge in [0.25, 0.3) is 0 Å². The van der Waals surface area contributed by atoms with E-state index in [2.05, 4.69) is 26.6 Å². The summed E-state index contributed by atoms with van der Waals surface area (Å²) in [4.78, 5) is 6.99. The molecule has 3 rings (SSSR count). The zero-order valence-electron chi connectivity index (χ0n) is 15.6. The van der Waals surface area contributed by atoms with Crippen molar-refractivity contribution in [1.29, 1.82) is 0 Å². The number of likely N-dealkylation sites (tertiary alicyclic amines) is 1. The number of hydrogen-bond donors (Lipinski definition) is 2. The molecule has 2 saturated heterocycles. The maximum absolute atomic E-state index is 5.49. The van der Waals surface area contributed by atoms with Crippen molar-refractivity contribution in [1.82, 2.24) is 15.5 Å². The molecule has 0 spiro atoms. The number of piperidine rings is 1. The van der Waals surface area contributed by atoms with Gasteiger partial charge in [0, 0.05) is 45.9 Å². The topological polar surface area (TPSA) is 58.1 Å². The third kappa shape index (κ3) is 6.28. The smallest absolute Gasteiger partial charge is 0.191 e. The van der Waals surface area contributed by atoms with Gasteiger partial charge in [0.1, 0.15) is 0 Å². The first kappa shape index (κ1) is 18.7. The Morgan fingerprint density at radius 3 is 2.80 bits per heavy atom. The fourth-order valence-electron chi connectivity index (χ4n) is 3.87. The Morgan fingerprint density at radius 2 is 2.12 bits per heavy atom. The third-order valence-electron chi connectivity index (χ3n) is 5.49. The number of ether oxygens (including phenoxy) is 2. The van der Waals surface area contributed by atoms with Gasteiger partial charge in [-0.15, -0.1) is 0 Å². The lowest BCUT2D eigenvalue weighted by atomic mass is 10.0. The second-order valence-electron chi connectivity index (χ2n) is 7.39. The van der Waals surface area contributed by atoms with Crippen molar-refractivity contribution >= 4 is 5.96 Å². The van der Waals surface area contributed by atoms with E-state index < -0.39 is 0 Å². The van der Waals surface area contributed by atoms with Gasteiger partial charge in [-0.05, 0) is 38.0 Å². The molecule has 0 radical (unpaired) electrons. The average molecular weight is 351 g/mol. The number of nitrogens with one attached hydrogen (secondary N) is 2. The summed E-state index contributed by atoms with van der Waals surface area (Å²) in [6, 6.07) is 0.532. The van der Waals surface area contributed by atoms with Crippen molar-refractivity contribution in [2.45, 2.75) is 38.1 Å². The standard InChI is InChI=1S/C19H34N4O2/c1-20-19(21-8-2-16-5-11-24-12-6-16)22-18-3-9-23(10-4-18)14-17-7-13-25-15-17/h5,17-18H,2-4,6-15H2,1H3,(H2,20,21,22). The van der Waals surface area contributed by atoms with Gasteiger partial charge in [-0.25, -0.2) is 0 Å². The lowest BCUT2D eigenvalue weighted by molar-refractivity contribution is 0.150. The summed E-state index contributed by atoms with van der Waals surface area (Å²) in [5.41, 5.74) is 1.50. The second-order valence-corrected chi connectivity index (χ2v) is 7.39. The van der Waals surface area contributed by atoms with Gasteiger partial charge in [-0.1, -0.05) is 11.6 Å². The second kappa shape index (κ2) is 10.1. The molecule has 0 aliphatic carbocycles. The van der Waals surface area contributed by atoms with Crippen LogP contribution in [0.4, 0.5) is 0 Å². The highest BCUT2D eigenvalue weighted by molar-refractivity contribution is 5.79. The van der Waals surface area contributed by atoms with Gasteiger partial charge >= 0.3 is 0 Å². The Bertz CT molecular complexity index is 452. The molecule has 1 unspecified atom stereocenters. The van der Waals surface area contributed by atoms with Crippen LogP contribution in [0.2, 0.25) is 0 Å². The Labute approximate surface area is 152 Å². The van der Waals surface area contributed by atoms with E-state index in [1.54, 1.807) is 0 Å². The van der Waals surface area contributed by atoms with E-state index >= 15 is 0 Å². The lowest BCUT2D eigenvalue weighted by Gasteiger charge is -2.34. The van der Waals surface area contributed by atoms with Gasteiger partial charge < -0.3 is 25.0 Å². The van der Waals surface area contributed by atoms with E-state index in [4.69, 9.17) is 9.47 Å². The molecule has 0 bridgehead atoms. The molecule has 3 aliphatic rings. The summed E-state index contributed by atoms with van der Waals surface area (Å²) in [5.74, 6) is 1.69. The predicted molar refractivity (Wildman–Crippen MR) is 101 cm³/mol. The van der Waals surface area contributed by atoms with E-state index in [1.807, 2.05) is 7.05 Å². The van der Waals surface area contributed by atoms with Crippen LogP contribution in [-0.4, -0.2) is 76.6 Å². The summed E-state index contributed by atoms with van der Waals surface area (Å²) in [6.07, 6.45) is 7.97. The van der Waals surface area contributed by atoms with Crippen molar-refractivity contribution in [3.8, 4) is 0 Å². The number of nitrogens with zero attached hydrogens (tertiary/aromatic N) is 2. The van der Waals surface area contributed by atoms with Gasteiger partial charge in [0.15, 0.2) is 5.96 Å². The summed E-state index contributed by atoms with van der Waals surface area (Å²) < 4.78 is 10.8. The van der Waals surface area contributed by atoms with Crippen LogP contribution in [0.5, 0.6) is 0 Å². The molecule has 25 heavy (non-hydrogen) atoms. The average Bonchev–Trinajstić information content (AvgIpc) is 3.16. The monoisotopic (exact) mass is 350 g/mol. The van der Waals surface area contributed by atoms with E-state index in [0.717, 1.165) is 57.7 Å². The van der Waals surface area contributed by atoms with Gasteiger partial charge in [0.2, 0.25) is 0 Å². The predicted octanol–water partition coefficient (Wildman–Crippen LogP) is 1.39. The van der Waals surface area contributed by atoms with Crippen LogP contribution in [0.3, 0.4) is 0 Å². The summed E-state index contributed by atoms with van der Waals surface area (Å²) in [6.45, 7) is 8.05. The third-order valence-corrected chi connectivity index (χ3v) is 5.49. The lowest BCUT2D eigenvalue weighted by Crippen LogP contribution is -2.49. The SMILES string of the molecule is CN=C(NCCC1=CCOCC1)NC1CCN(CC2CCOC2)CC1. The maximum atomic E-state index is 5.49. The molecule has 0 aromatic heterocycles. The van der Waals surface area contributed by atoms with Crippen molar-refractivity contribution in [3.63, 3.8) is 0 Å². The highest BCUT2D eigenvalue weighted by Crippen LogP contribution is 2.17. The quantitative estimate of drug-likeness (QED) is 0.431. The minimum atomic E-state index is 0.532. The molecule has 0 aromatic rings. The first-order chi connectivity index (χ1) is 12.3. The number of rotatable bonds is 6. The molecule has 2 fully saturated rings. The highest BCUT2D eigenvalue weighted by Gasteiger charge is 2.24. The van der Waals surface area contributed by atoms with Crippen LogP contribution in [-0.2, 0) is 9.47 Å². The van der Waals surface area contributed by atoms with Gasteiger partial charge in [0.05, 0.1) is 19.8 Å². The minimum Gasteiger partial charge on any atom is -0.381 e. The highest BCUT2D eigenvalue weighted by atomic mass is 16.5. The summed E-state index contributed by atoms with van der Waals surface area (Å²) >= 11 is 0. The van der Waals surface area contributed by atoms with Crippen LogP contribution < -0.4 is 10.6 Å². The molecule has 0 amide bonds. The molecule has 2 N–H and O–H groups in total. The molecule has 3 heterocycles. The molecule has 142 valence electrons. The molecule has 1 atom stereocenters. The van der Waals surface area contributed by atoms with E-state index in [9.17, 15) is 0 Å². The Morgan fingerprint density at radius 1 is 1.24 bits per heavy atom. The summed E-state index contributed by atoms with van der Waals surface area (Å²) in [5, 5.41) is 7.06. The van der Waals surface area contributed by atoms with Crippen LogP contribution in [0, 0.1) is 5.92 Å². The van der Waals surface area contributed by atoms with Crippen molar-refractivity contribution in [2.75, 3.05) is 59.7 Å². The summed E-state index contributed by atoms with van der Waals surface area (Å²) in [7, 11) is 1.86. The van der Waals surface area contributed by atoms with Crippen LogP contribution in [0.1, 0.15) is 32.1 Å². The molecular weight excluding hydrogens is 316 g/mol. The van der Waals surface area contributed by atoms with E-state index in [1.165, 1.54) is 44.5 Å². The Balaban J connectivity index is 1.31. The fourth-order valence-corrected chi connectivity index (χ4v) is 3.87. The minimum absolute atomic E-state index is 0.532. The first-order valence-electron chi connectivity index (χ1n) is 9.86. The zero-order valence-corrected chi connectivity index (χ0v) is 15.6. The molecule has 6 heteroatoms. The number of hydrogen-bond acceptors (Lipinski definition) is 4. The Kier molecular flexibility index (Phi) is 7.57. The van der Waals surface area contributed by atoms with E-state index in [0.29, 0.717) is 6.04 Å². The van der Waals surface area contributed by atoms with Crippen molar-refractivity contribution in [2.24, 2.45) is 10.9 Å². The first-order valence-corrected chi connectivity index (χ1v) is 9.86. The fraction of sp³-hybridized carbons (Fsp3) is 0.842. The van der Waals surface area contributed by atoms with Crippen molar-refractivity contribution < 1.29 is 9.47 Å². The molecule has 3 aliphatic heterocycles. The molecule has 0 aromatic carbocycles. The molecule has 6 nitrogen and oxygen atoms in total. The van der Waals surface area contributed by atoms with E-state index in [-0.39, 0.29) is 0 Å². The van der Waals surface area contributed by atoms with Crippen LogP contribution in [0.25, 0.3) is 0 Å². The van der Waals surface area contributed by atoms with Crippen molar-refractivity contribution in [3.05, 3.63) is 11.6 Å². The molecule has 0 saturated carbocycles. The largest absolute Gasteiger partial charge is 0.381 e. The normalized spacial score (nSPS) is 26.5. The van der Waals surface area contributed by atoms with Gasteiger partial charge in [-0.2, -0.15) is 0 Å². The molecular formula is C19H34N4O2. The van der Waals surface area contributed by atoms with Crippen LogP contribution >= 0.6 is 0 Å². The number of guanidine groups is 1. The van der Waals surface area contributed by atoms with Gasteiger partial charge in [-0.3, -0.25) is 4.99 Å². The Hall–Kier alpha value is -1.11. The van der Waals surface area contributed by atoms with Crippen LogP contribution in [0.15, 0.2) is 16.6 Å².